The van der Waals surface area contributed by atoms with Crippen molar-refractivity contribution in [3.63, 3.8) is 0 Å². The highest BCUT2D eigenvalue weighted by atomic mass is 19.1. The lowest BCUT2D eigenvalue weighted by atomic mass is 10.2. The number of rotatable bonds is 4. The van der Waals surface area contributed by atoms with Crippen molar-refractivity contribution in [2.75, 3.05) is 13.7 Å². The maximum Gasteiger partial charge on any atom is 0.0986 e. The monoisotopic (exact) mass is 146 g/mol. The van der Waals surface area contributed by atoms with E-state index in [1.54, 1.807) is 14.0 Å². The fourth-order valence-electron chi connectivity index (χ4n) is 0.693. The molecule has 0 N–H and O–H groups in total. The van der Waals surface area contributed by atoms with Gasteiger partial charge in [0.1, 0.15) is 0 Å². The van der Waals surface area contributed by atoms with E-state index in [-0.39, 0.29) is 5.83 Å². The molecule has 0 aromatic rings. The van der Waals surface area contributed by atoms with Gasteiger partial charge in [0.05, 0.1) is 5.83 Å². The van der Waals surface area contributed by atoms with Gasteiger partial charge in [0.15, 0.2) is 0 Å². The largest absolute Gasteiger partial charge is 0.384 e. The van der Waals surface area contributed by atoms with E-state index >= 15 is 0 Å². The summed E-state index contributed by atoms with van der Waals surface area (Å²) in [5, 5.41) is 0. The van der Waals surface area contributed by atoms with Gasteiger partial charge in [-0.2, -0.15) is 0 Å². The summed E-state index contributed by atoms with van der Waals surface area (Å²) in [4.78, 5) is 0. The Labute approximate surface area is 61.9 Å². The first-order valence-corrected chi connectivity index (χ1v) is 3.55. The van der Waals surface area contributed by atoms with Crippen LogP contribution in [0.25, 0.3) is 0 Å². The van der Waals surface area contributed by atoms with E-state index in [0.29, 0.717) is 19.4 Å². The van der Waals surface area contributed by atoms with Crippen molar-refractivity contribution in [1.29, 1.82) is 0 Å². The Bertz CT molecular complexity index is 118. The van der Waals surface area contributed by atoms with Gasteiger partial charge in [-0.15, -0.1) is 0 Å². The van der Waals surface area contributed by atoms with Crippen LogP contribution in [0.5, 0.6) is 0 Å². The Kier molecular flexibility index (Phi) is 5.22. The molecule has 0 aliphatic rings. The van der Waals surface area contributed by atoms with Gasteiger partial charge in [0.25, 0.3) is 0 Å². The van der Waals surface area contributed by atoms with Gasteiger partial charge in [0, 0.05) is 13.7 Å². The van der Waals surface area contributed by atoms with Crippen molar-refractivity contribution >= 4 is 0 Å². The molecule has 0 heterocycles. The molecular weight excluding hydrogens is 131 g/mol. The molecule has 0 atom stereocenters. The third-order valence-electron chi connectivity index (χ3n) is 1.45. The van der Waals surface area contributed by atoms with E-state index in [1.165, 1.54) is 0 Å². The second-order valence-corrected chi connectivity index (χ2v) is 2.28. The first-order valence-electron chi connectivity index (χ1n) is 3.55. The second-order valence-electron chi connectivity index (χ2n) is 2.28. The molecule has 0 aliphatic heterocycles. The molecule has 0 aliphatic carbocycles. The van der Waals surface area contributed by atoms with Gasteiger partial charge in [-0.25, -0.2) is 4.39 Å². The standard InChI is InChI=1S/C8H15FO/c1-4-8(9)7(2)5-6-10-3/h4-6H2,1-3H3/b8-7+. The summed E-state index contributed by atoms with van der Waals surface area (Å²) in [5.74, 6) is -0.00273. The summed E-state index contributed by atoms with van der Waals surface area (Å²) in [6.45, 7) is 4.22. The molecule has 0 spiro atoms. The predicted molar refractivity (Wildman–Crippen MR) is 40.6 cm³/mol. The lowest BCUT2D eigenvalue weighted by Crippen LogP contribution is -1.90. The van der Waals surface area contributed by atoms with Crippen LogP contribution in [0.3, 0.4) is 0 Å². The molecule has 0 bridgehead atoms. The van der Waals surface area contributed by atoms with Crippen molar-refractivity contribution in [3.8, 4) is 0 Å². The highest BCUT2D eigenvalue weighted by molar-refractivity contribution is 5.03. The Balaban J connectivity index is 3.68. The Hall–Kier alpha value is -0.370. The highest BCUT2D eigenvalue weighted by Crippen LogP contribution is 2.12. The van der Waals surface area contributed by atoms with E-state index in [0.717, 1.165) is 5.57 Å². The Morgan fingerprint density at radius 1 is 1.50 bits per heavy atom. The number of hydrogen-bond acceptors (Lipinski definition) is 1. The van der Waals surface area contributed by atoms with E-state index in [2.05, 4.69) is 0 Å². The normalized spacial score (nSPS) is 13.2. The molecule has 0 unspecified atom stereocenters. The summed E-state index contributed by atoms with van der Waals surface area (Å²) < 4.78 is 17.5. The third kappa shape index (κ3) is 3.62. The molecule has 2 heteroatoms. The van der Waals surface area contributed by atoms with Crippen LogP contribution in [0, 0.1) is 0 Å². The average molecular weight is 146 g/mol. The minimum absolute atomic E-state index is 0.00273. The fraction of sp³-hybridized carbons (Fsp3) is 0.750. The highest BCUT2D eigenvalue weighted by Gasteiger charge is 1.97. The summed E-state index contributed by atoms with van der Waals surface area (Å²) in [6, 6.07) is 0. The fourth-order valence-corrected chi connectivity index (χ4v) is 0.693. The lowest BCUT2D eigenvalue weighted by molar-refractivity contribution is 0.201. The molecule has 1 nitrogen and oxygen atoms in total. The summed E-state index contributed by atoms with van der Waals surface area (Å²) >= 11 is 0. The quantitative estimate of drug-likeness (QED) is 0.592. The van der Waals surface area contributed by atoms with Crippen molar-refractivity contribution in [3.05, 3.63) is 11.4 Å². The first-order chi connectivity index (χ1) is 4.72. The van der Waals surface area contributed by atoms with Crippen LogP contribution in [0.4, 0.5) is 4.39 Å². The van der Waals surface area contributed by atoms with Crippen molar-refractivity contribution < 1.29 is 9.13 Å². The second kappa shape index (κ2) is 5.42. The van der Waals surface area contributed by atoms with Crippen LogP contribution in [-0.4, -0.2) is 13.7 Å². The zero-order valence-electron chi connectivity index (χ0n) is 6.91. The molecule has 0 radical (unpaired) electrons. The van der Waals surface area contributed by atoms with E-state index < -0.39 is 0 Å². The van der Waals surface area contributed by atoms with E-state index in [4.69, 9.17) is 4.74 Å². The van der Waals surface area contributed by atoms with Crippen LogP contribution in [0.2, 0.25) is 0 Å². The van der Waals surface area contributed by atoms with Gasteiger partial charge in [-0.3, -0.25) is 0 Å². The minimum Gasteiger partial charge on any atom is -0.384 e. The molecule has 10 heavy (non-hydrogen) atoms. The number of ether oxygens (including phenoxy) is 1. The van der Waals surface area contributed by atoms with Crippen molar-refractivity contribution in [2.24, 2.45) is 0 Å². The Morgan fingerprint density at radius 3 is 2.50 bits per heavy atom. The zero-order chi connectivity index (χ0) is 7.98. The molecule has 0 aromatic heterocycles. The van der Waals surface area contributed by atoms with Crippen molar-refractivity contribution in [1.82, 2.24) is 0 Å². The van der Waals surface area contributed by atoms with Crippen LogP contribution >= 0.6 is 0 Å². The van der Waals surface area contributed by atoms with Crippen LogP contribution in [-0.2, 0) is 4.74 Å². The maximum absolute atomic E-state index is 12.7. The predicted octanol–water partition coefficient (Wildman–Crippen LogP) is 2.68. The van der Waals surface area contributed by atoms with Gasteiger partial charge >= 0.3 is 0 Å². The van der Waals surface area contributed by atoms with Crippen LogP contribution in [0.1, 0.15) is 26.7 Å². The van der Waals surface area contributed by atoms with Gasteiger partial charge in [-0.1, -0.05) is 6.92 Å². The molecule has 0 amide bonds. The molecule has 0 aromatic carbocycles. The van der Waals surface area contributed by atoms with Crippen LogP contribution in [0.15, 0.2) is 11.4 Å². The first kappa shape index (κ1) is 9.63. The summed E-state index contributed by atoms with van der Waals surface area (Å²) in [5.41, 5.74) is 0.810. The number of halogens is 1. The summed E-state index contributed by atoms with van der Waals surface area (Å²) in [6.07, 6.45) is 1.20. The van der Waals surface area contributed by atoms with E-state index in [9.17, 15) is 4.39 Å². The smallest absolute Gasteiger partial charge is 0.0986 e. The molecule has 0 rings (SSSR count). The molecular formula is C8H15FO. The van der Waals surface area contributed by atoms with Gasteiger partial charge < -0.3 is 4.74 Å². The van der Waals surface area contributed by atoms with Crippen LogP contribution < -0.4 is 0 Å². The third-order valence-corrected chi connectivity index (χ3v) is 1.45. The SMILES string of the molecule is CC/C(F)=C(/C)CCOC. The van der Waals surface area contributed by atoms with Gasteiger partial charge in [-0.05, 0) is 25.3 Å². The minimum atomic E-state index is -0.00273. The molecule has 0 fully saturated rings. The summed E-state index contributed by atoms with van der Waals surface area (Å²) in [7, 11) is 1.62. The number of hydrogen-bond donors (Lipinski definition) is 0. The lowest BCUT2D eigenvalue weighted by Gasteiger charge is -2.00. The molecule has 60 valence electrons. The zero-order valence-corrected chi connectivity index (χ0v) is 6.91. The molecule has 0 saturated carbocycles. The molecule has 0 saturated heterocycles. The number of methoxy groups -OCH3 is 1. The number of allylic oxidation sites excluding steroid dienone is 1. The van der Waals surface area contributed by atoms with Crippen molar-refractivity contribution in [2.45, 2.75) is 26.7 Å². The topological polar surface area (TPSA) is 9.23 Å². The Morgan fingerprint density at radius 2 is 2.10 bits per heavy atom. The maximum atomic E-state index is 12.7. The van der Waals surface area contributed by atoms with Gasteiger partial charge in [0.2, 0.25) is 0 Å². The van der Waals surface area contributed by atoms with E-state index in [1.807, 2.05) is 6.92 Å². The average Bonchev–Trinajstić information content (AvgIpc) is 1.98.